The van der Waals surface area contributed by atoms with Gasteiger partial charge in [0.1, 0.15) is 5.82 Å². The molecule has 2 amide bonds. The number of hydrogen-bond acceptors (Lipinski definition) is 2. The number of carbonyl (C=O) groups is 2. The minimum Gasteiger partial charge on any atom is -0.326 e. The summed E-state index contributed by atoms with van der Waals surface area (Å²) in [6.07, 6.45) is 2.59. The Labute approximate surface area is 156 Å². The van der Waals surface area contributed by atoms with Gasteiger partial charge >= 0.3 is 0 Å². The number of rotatable bonds is 4. The summed E-state index contributed by atoms with van der Waals surface area (Å²) in [5.74, 6) is -0.740. The maximum Gasteiger partial charge on any atom is 0.227 e. The van der Waals surface area contributed by atoms with E-state index < -0.39 is 0 Å². The van der Waals surface area contributed by atoms with E-state index in [0.717, 1.165) is 0 Å². The molecular weight excluding hydrogens is 355 g/mol. The second-order valence-electron chi connectivity index (χ2n) is 6.51. The first-order chi connectivity index (χ1) is 12.5. The third-order valence-electron chi connectivity index (χ3n) is 4.71. The first-order valence-corrected chi connectivity index (χ1v) is 9.02. The highest BCUT2D eigenvalue weighted by Gasteiger charge is 2.30. The summed E-state index contributed by atoms with van der Waals surface area (Å²) in [5, 5.41) is 6.18. The van der Waals surface area contributed by atoms with Crippen molar-refractivity contribution in [3.63, 3.8) is 0 Å². The van der Waals surface area contributed by atoms with Crippen molar-refractivity contribution in [1.29, 1.82) is 0 Å². The van der Waals surface area contributed by atoms with Crippen LogP contribution in [0.3, 0.4) is 0 Å². The number of amides is 2. The fourth-order valence-electron chi connectivity index (χ4n) is 3.19. The number of nitrogens with one attached hydrogen (secondary N) is 2. The molecule has 1 aliphatic carbocycles. The summed E-state index contributed by atoms with van der Waals surface area (Å²) >= 11 is 6.07. The van der Waals surface area contributed by atoms with Crippen molar-refractivity contribution in [2.75, 3.05) is 10.6 Å². The summed E-state index contributed by atoms with van der Waals surface area (Å²) in [5.41, 5.74) is 1.19. The van der Waals surface area contributed by atoms with Crippen LogP contribution < -0.4 is 10.6 Å². The van der Waals surface area contributed by atoms with E-state index in [0.29, 0.717) is 42.1 Å². The average Bonchev–Trinajstić information content (AvgIpc) is 2.65. The van der Waals surface area contributed by atoms with Crippen molar-refractivity contribution in [1.82, 2.24) is 0 Å². The maximum absolute atomic E-state index is 12.9. The van der Waals surface area contributed by atoms with Crippen molar-refractivity contribution < 1.29 is 14.0 Å². The monoisotopic (exact) mass is 374 g/mol. The van der Waals surface area contributed by atoms with Crippen molar-refractivity contribution in [2.24, 2.45) is 11.8 Å². The number of benzene rings is 2. The molecule has 0 spiro atoms. The van der Waals surface area contributed by atoms with Crippen molar-refractivity contribution in [3.05, 3.63) is 59.4 Å². The smallest absolute Gasteiger partial charge is 0.227 e. The predicted molar refractivity (Wildman–Crippen MR) is 101 cm³/mol. The van der Waals surface area contributed by atoms with Crippen LogP contribution in [0.1, 0.15) is 25.7 Å². The molecule has 2 N–H and O–H groups in total. The van der Waals surface area contributed by atoms with Crippen molar-refractivity contribution >= 4 is 34.8 Å². The molecule has 0 bridgehead atoms. The van der Waals surface area contributed by atoms with Gasteiger partial charge in [0.25, 0.3) is 0 Å². The molecule has 2 aromatic carbocycles. The molecule has 2 aromatic rings. The summed E-state index contributed by atoms with van der Waals surface area (Å²) in [4.78, 5) is 24.8. The lowest BCUT2D eigenvalue weighted by atomic mass is 9.81. The van der Waals surface area contributed by atoms with E-state index in [2.05, 4.69) is 10.6 Å². The molecule has 0 atom stereocenters. The Hall–Kier alpha value is -2.40. The summed E-state index contributed by atoms with van der Waals surface area (Å²) in [6, 6.07) is 12.8. The standard InChI is InChI=1S/C20H20ClFN2O2/c21-17-3-1-2-4-18(17)24-20(26)14-7-5-13(6-8-14)19(25)23-16-11-9-15(22)10-12-16/h1-4,9-14H,5-8H2,(H,23,25)(H,24,26). The van der Waals surface area contributed by atoms with Gasteiger partial charge in [-0.2, -0.15) is 0 Å². The van der Waals surface area contributed by atoms with Crippen molar-refractivity contribution in [3.8, 4) is 0 Å². The lowest BCUT2D eigenvalue weighted by Gasteiger charge is -2.27. The fourth-order valence-corrected chi connectivity index (χ4v) is 3.38. The van der Waals surface area contributed by atoms with Crippen LogP contribution in [0, 0.1) is 17.7 Å². The van der Waals surface area contributed by atoms with Crippen LogP contribution in [-0.2, 0) is 9.59 Å². The molecule has 1 aliphatic rings. The first kappa shape index (κ1) is 18.4. The fraction of sp³-hybridized carbons (Fsp3) is 0.300. The van der Waals surface area contributed by atoms with E-state index in [-0.39, 0.29) is 29.5 Å². The van der Waals surface area contributed by atoms with Crippen LogP contribution in [0.15, 0.2) is 48.5 Å². The van der Waals surface area contributed by atoms with Gasteiger partial charge in [-0.05, 0) is 62.1 Å². The van der Waals surface area contributed by atoms with Gasteiger partial charge in [-0.25, -0.2) is 4.39 Å². The molecular formula is C20H20ClFN2O2. The summed E-state index contributed by atoms with van der Waals surface area (Å²) in [7, 11) is 0. The van der Waals surface area contributed by atoms with Gasteiger partial charge in [0.05, 0.1) is 10.7 Å². The molecule has 0 aromatic heterocycles. The van der Waals surface area contributed by atoms with E-state index in [1.54, 1.807) is 12.1 Å². The molecule has 136 valence electrons. The maximum atomic E-state index is 12.9. The normalized spacial score (nSPS) is 19.6. The Bertz CT molecular complexity index is 787. The Morgan fingerprint density at radius 3 is 1.96 bits per heavy atom. The lowest BCUT2D eigenvalue weighted by molar-refractivity contribution is -0.125. The molecule has 0 aliphatic heterocycles. The molecule has 1 fully saturated rings. The second-order valence-corrected chi connectivity index (χ2v) is 6.92. The van der Waals surface area contributed by atoms with Gasteiger partial charge in [0, 0.05) is 17.5 Å². The van der Waals surface area contributed by atoms with E-state index in [1.165, 1.54) is 24.3 Å². The topological polar surface area (TPSA) is 58.2 Å². The Morgan fingerprint density at radius 1 is 0.846 bits per heavy atom. The van der Waals surface area contributed by atoms with Gasteiger partial charge in [0.2, 0.25) is 11.8 Å². The summed E-state index contributed by atoms with van der Waals surface area (Å²) in [6.45, 7) is 0. The zero-order valence-corrected chi connectivity index (χ0v) is 14.9. The van der Waals surface area contributed by atoms with Crippen LogP contribution in [0.5, 0.6) is 0 Å². The Morgan fingerprint density at radius 2 is 1.38 bits per heavy atom. The van der Waals surface area contributed by atoms with E-state index in [9.17, 15) is 14.0 Å². The first-order valence-electron chi connectivity index (χ1n) is 8.65. The Kier molecular flexibility index (Phi) is 5.89. The SMILES string of the molecule is O=C(Nc1ccc(F)cc1)C1CCC(C(=O)Nc2ccccc2Cl)CC1. The lowest BCUT2D eigenvalue weighted by Crippen LogP contribution is -2.32. The molecule has 0 saturated heterocycles. The molecule has 0 heterocycles. The average molecular weight is 375 g/mol. The van der Waals surface area contributed by atoms with E-state index in [4.69, 9.17) is 11.6 Å². The number of carbonyl (C=O) groups excluding carboxylic acids is 2. The third-order valence-corrected chi connectivity index (χ3v) is 5.04. The number of hydrogen-bond donors (Lipinski definition) is 2. The molecule has 0 radical (unpaired) electrons. The van der Waals surface area contributed by atoms with Gasteiger partial charge in [-0.1, -0.05) is 23.7 Å². The highest BCUT2D eigenvalue weighted by Crippen LogP contribution is 2.31. The van der Waals surface area contributed by atoms with Crippen LogP contribution in [-0.4, -0.2) is 11.8 Å². The zero-order chi connectivity index (χ0) is 18.5. The zero-order valence-electron chi connectivity index (χ0n) is 14.2. The van der Waals surface area contributed by atoms with E-state index in [1.807, 2.05) is 12.1 Å². The minimum atomic E-state index is -0.340. The largest absolute Gasteiger partial charge is 0.326 e. The summed E-state index contributed by atoms with van der Waals surface area (Å²) < 4.78 is 12.9. The van der Waals surface area contributed by atoms with Crippen molar-refractivity contribution in [2.45, 2.75) is 25.7 Å². The minimum absolute atomic E-state index is 0.0597. The van der Waals surface area contributed by atoms with Crippen LogP contribution >= 0.6 is 11.6 Å². The number of anilines is 2. The molecule has 0 unspecified atom stereocenters. The molecule has 1 saturated carbocycles. The highest BCUT2D eigenvalue weighted by molar-refractivity contribution is 6.33. The molecule has 3 rings (SSSR count). The second kappa shape index (κ2) is 8.32. The highest BCUT2D eigenvalue weighted by atomic mass is 35.5. The molecule has 26 heavy (non-hydrogen) atoms. The van der Waals surface area contributed by atoms with Crippen LogP contribution in [0.4, 0.5) is 15.8 Å². The molecule has 4 nitrogen and oxygen atoms in total. The van der Waals surface area contributed by atoms with Crippen LogP contribution in [0.2, 0.25) is 5.02 Å². The predicted octanol–water partition coefficient (Wildman–Crippen LogP) is 4.86. The van der Waals surface area contributed by atoms with Crippen LogP contribution in [0.25, 0.3) is 0 Å². The van der Waals surface area contributed by atoms with E-state index >= 15 is 0 Å². The number of para-hydroxylation sites is 1. The third kappa shape index (κ3) is 4.61. The quantitative estimate of drug-likeness (QED) is 0.802. The van der Waals surface area contributed by atoms with Gasteiger partial charge in [-0.15, -0.1) is 0 Å². The van der Waals surface area contributed by atoms with Gasteiger partial charge in [-0.3, -0.25) is 9.59 Å². The Balaban J connectivity index is 1.50. The van der Waals surface area contributed by atoms with Gasteiger partial charge < -0.3 is 10.6 Å². The number of halogens is 2. The van der Waals surface area contributed by atoms with Gasteiger partial charge in [0.15, 0.2) is 0 Å². The molecule has 6 heteroatoms.